The fourth-order valence-corrected chi connectivity index (χ4v) is 2.80. The van der Waals surface area contributed by atoms with Gasteiger partial charge in [-0.25, -0.2) is 4.99 Å². The Balaban J connectivity index is 1.94. The van der Waals surface area contributed by atoms with Gasteiger partial charge in [-0.15, -0.1) is 0 Å². The van der Waals surface area contributed by atoms with Gasteiger partial charge in [0.25, 0.3) is 0 Å². The number of nitrogens with one attached hydrogen (secondary N) is 1. The molecule has 0 radical (unpaired) electrons. The van der Waals surface area contributed by atoms with Crippen molar-refractivity contribution in [2.45, 2.75) is 13.5 Å². The van der Waals surface area contributed by atoms with Crippen LogP contribution in [0.15, 0.2) is 47.5 Å². The number of likely N-dealkylation sites (N-methyl/N-ethyl adjacent to an activating group) is 1. The highest BCUT2D eigenvalue weighted by Crippen LogP contribution is 2.28. The van der Waals surface area contributed by atoms with Gasteiger partial charge in [-0.2, -0.15) is 0 Å². The maximum absolute atomic E-state index is 8.93. The predicted octanol–water partition coefficient (Wildman–Crippen LogP) is 2.55. The van der Waals surface area contributed by atoms with Gasteiger partial charge in [0.1, 0.15) is 24.7 Å². The van der Waals surface area contributed by atoms with Crippen LogP contribution in [0.25, 0.3) is 0 Å². The minimum atomic E-state index is -0.0459. The summed E-state index contributed by atoms with van der Waals surface area (Å²) in [6, 6.07) is 13.2. The molecule has 0 unspecified atom stereocenters. The lowest BCUT2D eigenvalue weighted by Crippen LogP contribution is -2.40. The number of aliphatic imine (C=N–C) groups is 1. The van der Waals surface area contributed by atoms with E-state index in [9.17, 15) is 0 Å². The second-order valence-corrected chi connectivity index (χ2v) is 6.67. The summed E-state index contributed by atoms with van der Waals surface area (Å²) in [5.74, 6) is 3.61. The topological polar surface area (TPSA) is 84.8 Å². The second kappa shape index (κ2) is 13.2. The zero-order valence-electron chi connectivity index (χ0n) is 18.8. The average Bonchev–Trinajstić information content (AvgIpc) is 2.80. The summed E-state index contributed by atoms with van der Waals surface area (Å²) < 4.78 is 21.8. The summed E-state index contributed by atoms with van der Waals surface area (Å²) in [6.45, 7) is 4.67. The highest BCUT2D eigenvalue weighted by molar-refractivity contribution is 5.79. The summed E-state index contributed by atoms with van der Waals surface area (Å²) >= 11 is 0. The Bertz CT molecular complexity index is 811. The monoisotopic (exact) mass is 431 g/mol. The van der Waals surface area contributed by atoms with Crippen molar-refractivity contribution in [2.24, 2.45) is 4.99 Å². The van der Waals surface area contributed by atoms with E-state index in [0.29, 0.717) is 31.2 Å². The number of rotatable bonds is 12. The van der Waals surface area contributed by atoms with Gasteiger partial charge in [-0.05, 0) is 48.9 Å². The van der Waals surface area contributed by atoms with Crippen LogP contribution in [0.3, 0.4) is 0 Å². The smallest absolute Gasteiger partial charge is 0.194 e. The SMILES string of the molecule is CCNC(=NCc1ccc(OCCO)c(OC)c1)N(C)CCOc1ccc(OC)cc1. The van der Waals surface area contributed by atoms with E-state index in [2.05, 4.69) is 5.32 Å². The molecule has 2 N–H and O–H groups in total. The lowest BCUT2D eigenvalue weighted by molar-refractivity contribution is 0.196. The van der Waals surface area contributed by atoms with E-state index >= 15 is 0 Å². The van der Waals surface area contributed by atoms with Crippen LogP contribution in [-0.4, -0.2) is 70.1 Å². The Morgan fingerprint density at radius 3 is 2.35 bits per heavy atom. The molecule has 0 aromatic heterocycles. The van der Waals surface area contributed by atoms with Gasteiger partial charge >= 0.3 is 0 Å². The van der Waals surface area contributed by atoms with Gasteiger partial charge in [-0.3, -0.25) is 0 Å². The number of nitrogens with zero attached hydrogens (tertiary/aromatic N) is 2. The molecule has 0 amide bonds. The number of benzene rings is 2. The number of hydrogen-bond acceptors (Lipinski definition) is 6. The molecule has 2 aromatic rings. The molecule has 2 aromatic carbocycles. The molecule has 31 heavy (non-hydrogen) atoms. The first-order chi connectivity index (χ1) is 15.1. The quantitative estimate of drug-likeness (QED) is 0.395. The highest BCUT2D eigenvalue weighted by atomic mass is 16.5. The molecular weight excluding hydrogens is 398 g/mol. The van der Waals surface area contributed by atoms with Gasteiger partial charge in [0.05, 0.1) is 33.9 Å². The van der Waals surface area contributed by atoms with Crippen LogP contribution in [0, 0.1) is 0 Å². The first-order valence-corrected chi connectivity index (χ1v) is 10.3. The number of ether oxygens (including phenoxy) is 4. The first kappa shape index (κ1) is 24.1. The van der Waals surface area contributed by atoms with Gasteiger partial charge in [0.2, 0.25) is 0 Å². The number of aliphatic hydroxyl groups is 1. The third kappa shape index (κ3) is 7.90. The Morgan fingerprint density at radius 2 is 1.71 bits per heavy atom. The van der Waals surface area contributed by atoms with Crippen molar-refractivity contribution in [1.29, 1.82) is 0 Å². The van der Waals surface area contributed by atoms with Crippen LogP contribution in [-0.2, 0) is 6.54 Å². The van der Waals surface area contributed by atoms with Crippen molar-refractivity contribution in [2.75, 3.05) is 54.2 Å². The molecule has 2 rings (SSSR count). The van der Waals surface area contributed by atoms with Crippen LogP contribution >= 0.6 is 0 Å². The van der Waals surface area contributed by atoms with Crippen molar-refractivity contribution < 1.29 is 24.1 Å². The van der Waals surface area contributed by atoms with Gasteiger partial charge < -0.3 is 34.3 Å². The minimum absolute atomic E-state index is 0.0459. The van der Waals surface area contributed by atoms with Crippen LogP contribution < -0.4 is 24.3 Å². The lowest BCUT2D eigenvalue weighted by Gasteiger charge is -2.22. The van der Waals surface area contributed by atoms with E-state index in [0.717, 1.165) is 29.6 Å². The molecule has 8 heteroatoms. The van der Waals surface area contributed by atoms with E-state index in [-0.39, 0.29) is 13.2 Å². The fraction of sp³-hybridized carbons (Fsp3) is 0.435. The van der Waals surface area contributed by atoms with Crippen molar-refractivity contribution in [3.63, 3.8) is 0 Å². The summed E-state index contributed by atoms with van der Waals surface area (Å²) in [7, 11) is 5.21. The molecular formula is C23H33N3O5. The minimum Gasteiger partial charge on any atom is -0.497 e. The zero-order valence-corrected chi connectivity index (χ0v) is 18.8. The Kier molecular flexibility index (Phi) is 10.3. The Hall–Kier alpha value is -3.13. The maximum Gasteiger partial charge on any atom is 0.194 e. The largest absolute Gasteiger partial charge is 0.497 e. The normalized spacial score (nSPS) is 11.1. The standard InChI is InChI=1S/C23H33N3O5/c1-5-24-23(26(2)12-14-30-20-9-7-19(28-3)8-10-20)25-17-18-6-11-21(31-15-13-27)22(16-18)29-4/h6-11,16,27H,5,12-15,17H2,1-4H3,(H,24,25). The van der Waals surface area contributed by atoms with E-state index in [1.807, 2.05) is 61.3 Å². The molecule has 0 aliphatic carbocycles. The molecule has 170 valence electrons. The highest BCUT2D eigenvalue weighted by Gasteiger charge is 2.08. The molecule has 0 saturated carbocycles. The molecule has 0 spiro atoms. The van der Waals surface area contributed by atoms with E-state index in [4.69, 9.17) is 29.0 Å². The zero-order chi connectivity index (χ0) is 22.5. The predicted molar refractivity (Wildman–Crippen MR) is 122 cm³/mol. The van der Waals surface area contributed by atoms with E-state index in [1.54, 1.807) is 14.2 Å². The van der Waals surface area contributed by atoms with Gasteiger partial charge in [0, 0.05) is 13.6 Å². The van der Waals surface area contributed by atoms with Crippen molar-refractivity contribution in [1.82, 2.24) is 10.2 Å². The van der Waals surface area contributed by atoms with Crippen LogP contribution in [0.4, 0.5) is 0 Å². The van der Waals surface area contributed by atoms with Gasteiger partial charge in [0.15, 0.2) is 17.5 Å². The fourth-order valence-electron chi connectivity index (χ4n) is 2.80. The third-order valence-corrected chi connectivity index (χ3v) is 4.44. The molecule has 8 nitrogen and oxygen atoms in total. The van der Waals surface area contributed by atoms with Crippen LogP contribution in [0.1, 0.15) is 12.5 Å². The number of guanidine groups is 1. The van der Waals surface area contributed by atoms with Crippen LogP contribution in [0.2, 0.25) is 0 Å². The number of hydrogen-bond donors (Lipinski definition) is 2. The van der Waals surface area contributed by atoms with Crippen molar-refractivity contribution in [3.05, 3.63) is 48.0 Å². The molecule has 0 bridgehead atoms. The average molecular weight is 432 g/mol. The van der Waals surface area contributed by atoms with E-state index in [1.165, 1.54) is 0 Å². The van der Waals surface area contributed by atoms with E-state index < -0.39 is 0 Å². The van der Waals surface area contributed by atoms with Gasteiger partial charge in [-0.1, -0.05) is 6.07 Å². The summed E-state index contributed by atoms with van der Waals surface area (Å²) in [6.07, 6.45) is 0. The Morgan fingerprint density at radius 1 is 0.968 bits per heavy atom. The summed E-state index contributed by atoms with van der Waals surface area (Å²) in [5, 5.41) is 12.2. The first-order valence-electron chi connectivity index (χ1n) is 10.3. The lowest BCUT2D eigenvalue weighted by atomic mass is 10.2. The third-order valence-electron chi connectivity index (χ3n) is 4.44. The summed E-state index contributed by atoms with van der Waals surface area (Å²) in [4.78, 5) is 6.75. The Labute approximate surface area is 184 Å². The molecule has 0 aliphatic rings. The number of methoxy groups -OCH3 is 2. The molecule has 0 fully saturated rings. The van der Waals surface area contributed by atoms with Crippen LogP contribution in [0.5, 0.6) is 23.0 Å². The van der Waals surface area contributed by atoms with Crippen molar-refractivity contribution >= 4 is 5.96 Å². The number of aliphatic hydroxyl groups excluding tert-OH is 1. The second-order valence-electron chi connectivity index (χ2n) is 6.67. The molecule has 0 saturated heterocycles. The molecule has 0 heterocycles. The molecule has 0 atom stereocenters. The maximum atomic E-state index is 8.93. The molecule has 0 aliphatic heterocycles. The summed E-state index contributed by atoms with van der Waals surface area (Å²) in [5.41, 5.74) is 0.992. The van der Waals surface area contributed by atoms with Crippen molar-refractivity contribution in [3.8, 4) is 23.0 Å².